The first-order valence-corrected chi connectivity index (χ1v) is 8.74. The molecule has 1 rings (SSSR count). The lowest BCUT2D eigenvalue weighted by molar-refractivity contribution is -0.137. The van der Waals surface area contributed by atoms with E-state index < -0.39 is 0 Å². The predicted octanol–water partition coefficient (Wildman–Crippen LogP) is 6.39. The zero-order valence-corrected chi connectivity index (χ0v) is 16.0. The molecule has 0 bridgehead atoms. The fourth-order valence-electron chi connectivity index (χ4n) is 1.69. The van der Waals surface area contributed by atoms with Crippen LogP contribution in [0.5, 0.6) is 0 Å². The summed E-state index contributed by atoms with van der Waals surface area (Å²) in [4.78, 5) is 11.3. The molecule has 0 unspecified atom stereocenters. The minimum Gasteiger partial charge on any atom is -0.463 e. The van der Waals surface area contributed by atoms with Gasteiger partial charge in [0.05, 0.1) is 10.9 Å². The Morgan fingerprint density at radius 1 is 1.17 bits per heavy atom. The number of hydrogen-bond donors (Lipinski definition) is 0. The van der Waals surface area contributed by atoms with Crippen LogP contribution >= 0.6 is 34.5 Å². The van der Waals surface area contributed by atoms with Gasteiger partial charge in [0.15, 0.2) is 0 Å². The maximum atomic E-state index is 11.3. The number of thiophene rings is 1. The summed E-state index contributed by atoms with van der Waals surface area (Å²) in [7, 11) is 0. The Morgan fingerprint density at radius 3 is 2.43 bits per heavy atom. The van der Waals surface area contributed by atoms with Crippen molar-refractivity contribution < 1.29 is 9.53 Å². The maximum absolute atomic E-state index is 11.3. The first-order valence-electron chi connectivity index (χ1n) is 7.17. The molecule has 0 aliphatic heterocycles. The zero-order chi connectivity index (χ0) is 17.4. The molecular formula is C18H20Cl2O2S. The van der Waals surface area contributed by atoms with Gasteiger partial charge in [0, 0.05) is 11.6 Å². The van der Waals surface area contributed by atoms with Crippen LogP contribution < -0.4 is 0 Å². The van der Waals surface area contributed by atoms with E-state index in [0.717, 1.165) is 26.6 Å². The lowest BCUT2D eigenvalue weighted by atomic mass is 10.1. The molecule has 124 valence electrons. The molecule has 0 saturated heterocycles. The van der Waals surface area contributed by atoms with Crippen molar-refractivity contribution in [3.8, 4) is 0 Å². The average molecular weight is 371 g/mol. The van der Waals surface area contributed by atoms with Crippen LogP contribution in [0.15, 0.2) is 41.5 Å². The summed E-state index contributed by atoms with van der Waals surface area (Å²) in [6.07, 6.45) is 11.1. The SMILES string of the molecule is CCOC(=O)/C=C(\C)C=CC=C(C)C=Cc1c(Cl)sc(Cl)c1C. The van der Waals surface area contributed by atoms with Crippen LogP contribution in [0.4, 0.5) is 0 Å². The van der Waals surface area contributed by atoms with E-state index in [-0.39, 0.29) is 5.97 Å². The molecule has 0 radical (unpaired) electrons. The van der Waals surface area contributed by atoms with Crippen LogP contribution in [-0.4, -0.2) is 12.6 Å². The molecule has 5 heteroatoms. The summed E-state index contributed by atoms with van der Waals surface area (Å²) in [6.45, 7) is 7.95. The second kappa shape index (κ2) is 9.76. The van der Waals surface area contributed by atoms with Crippen LogP contribution in [0.2, 0.25) is 8.67 Å². The highest BCUT2D eigenvalue weighted by Crippen LogP contribution is 2.36. The van der Waals surface area contributed by atoms with Crippen molar-refractivity contribution in [1.29, 1.82) is 0 Å². The van der Waals surface area contributed by atoms with Gasteiger partial charge in [-0.2, -0.15) is 0 Å². The molecule has 1 heterocycles. The summed E-state index contributed by atoms with van der Waals surface area (Å²) >= 11 is 13.6. The molecule has 0 amide bonds. The number of rotatable bonds is 6. The average Bonchev–Trinajstić information content (AvgIpc) is 2.70. The number of esters is 1. The van der Waals surface area contributed by atoms with Gasteiger partial charge in [-0.15, -0.1) is 11.3 Å². The van der Waals surface area contributed by atoms with Crippen molar-refractivity contribution in [2.24, 2.45) is 0 Å². The molecule has 0 aromatic carbocycles. The Morgan fingerprint density at radius 2 is 1.87 bits per heavy atom. The molecule has 2 nitrogen and oxygen atoms in total. The Labute approximate surface area is 151 Å². The Balaban J connectivity index is 2.72. The number of ether oxygens (including phenoxy) is 1. The van der Waals surface area contributed by atoms with Crippen molar-refractivity contribution in [3.63, 3.8) is 0 Å². The molecule has 0 saturated carbocycles. The van der Waals surface area contributed by atoms with E-state index in [9.17, 15) is 4.79 Å². The van der Waals surface area contributed by atoms with Crippen LogP contribution in [0, 0.1) is 6.92 Å². The number of carbonyl (C=O) groups excluding carboxylic acids is 1. The largest absolute Gasteiger partial charge is 0.463 e. The van der Waals surface area contributed by atoms with Crippen LogP contribution in [0.1, 0.15) is 31.9 Å². The van der Waals surface area contributed by atoms with Gasteiger partial charge in [-0.1, -0.05) is 59.2 Å². The Hall–Kier alpha value is -1.29. The zero-order valence-electron chi connectivity index (χ0n) is 13.7. The maximum Gasteiger partial charge on any atom is 0.330 e. The van der Waals surface area contributed by atoms with E-state index in [0.29, 0.717) is 10.9 Å². The highest BCUT2D eigenvalue weighted by Gasteiger charge is 2.08. The molecule has 0 spiro atoms. The Kier molecular flexibility index (Phi) is 8.38. The van der Waals surface area contributed by atoms with Gasteiger partial charge in [-0.05, 0) is 38.8 Å². The van der Waals surface area contributed by atoms with E-state index in [1.54, 1.807) is 6.92 Å². The lowest BCUT2D eigenvalue weighted by Crippen LogP contribution is -1.99. The van der Waals surface area contributed by atoms with Crippen molar-refractivity contribution in [2.45, 2.75) is 27.7 Å². The summed E-state index contributed by atoms with van der Waals surface area (Å²) < 4.78 is 6.27. The van der Waals surface area contributed by atoms with E-state index in [1.165, 1.54) is 17.4 Å². The smallest absolute Gasteiger partial charge is 0.330 e. The van der Waals surface area contributed by atoms with Gasteiger partial charge in [0.25, 0.3) is 0 Å². The van der Waals surface area contributed by atoms with Crippen LogP contribution in [0.3, 0.4) is 0 Å². The highest BCUT2D eigenvalue weighted by molar-refractivity contribution is 7.20. The monoisotopic (exact) mass is 370 g/mol. The van der Waals surface area contributed by atoms with Gasteiger partial charge in [0.2, 0.25) is 0 Å². The molecule has 0 N–H and O–H groups in total. The quantitative estimate of drug-likeness (QED) is 0.329. The standard InChI is InChI=1S/C18H20Cl2O2S/c1-5-22-16(21)11-13(3)8-6-7-12(2)9-10-15-14(4)17(19)23-18(15)20/h6-11H,5H2,1-4H3/b8-6?,10-9?,12-7?,13-11+. The van der Waals surface area contributed by atoms with Gasteiger partial charge < -0.3 is 4.74 Å². The van der Waals surface area contributed by atoms with Gasteiger partial charge in [-0.3, -0.25) is 0 Å². The van der Waals surface area contributed by atoms with Gasteiger partial charge >= 0.3 is 5.97 Å². The molecule has 0 aliphatic carbocycles. The summed E-state index contributed by atoms with van der Waals surface area (Å²) in [5, 5.41) is 0. The summed E-state index contributed by atoms with van der Waals surface area (Å²) in [6, 6.07) is 0. The number of hydrogen-bond acceptors (Lipinski definition) is 3. The number of halogens is 2. The van der Waals surface area contributed by atoms with Crippen LogP contribution in [0.25, 0.3) is 6.08 Å². The topological polar surface area (TPSA) is 26.3 Å². The molecule has 23 heavy (non-hydrogen) atoms. The second-order valence-corrected chi connectivity index (χ2v) is 7.16. The van der Waals surface area contributed by atoms with Gasteiger partial charge in [-0.25, -0.2) is 4.79 Å². The van der Waals surface area contributed by atoms with E-state index in [4.69, 9.17) is 27.9 Å². The minimum absolute atomic E-state index is 0.324. The lowest BCUT2D eigenvalue weighted by Gasteiger charge is -1.96. The molecule has 0 aliphatic rings. The third kappa shape index (κ3) is 6.78. The van der Waals surface area contributed by atoms with Crippen molar-refractivity contribution in [3.05, 3.63) is 61.3 Å². The molecule has 1 aromatic rings. The van der Waals surface area contributed by atoms with E-state index >= 15 is 0 Å². The third-order valence-electron chi connectivity index (χ3n) is 2.95. The fourth-order valence-corrected chi connectivity index (χ4v) is 3.33. The number of allylic oxidation sites excluding steroid dienone is 6. The second-order valence-electron chi connectivity index (χ2n) is 4.93. The normalized spacial score (nSPS) is 13.3. The van der Waals surface area contributed by atoms with Crippen molar-refractivity contribution in [2.75, 3.05) is 6.61 Å². The third-order valence-corrected chi connectivity index (χ3v) is 4.79. The minimum atomic E-state index is -0.324. The molecule has 0 fully saturated rings. The summed E-state index contributed by atoms with van der Waals surface area (Å²) in [5.74, 6) is -0.324. The first kappa shape index (κ1) is 19.8. The van der Waals surface area contributed by atoms with E-state index in [1.807, 2.05) is 51.2 Å². The van der Waals surface area contributed by atoms with Crippen LogP contribution in [-0.2, 0) is 9.53 Å². The van der Waals surface area contributed by atoms with E-state index in [2.05, 4.69) is 0 Å². The molecule has 0 atom stereocenters. The predicted molar refractivity (Wildman–Crippen MR) is 101 cm³/mol. The van der Waals surface area contributed by atoms with Crippen molar-refractivity contribution in [1.82, 2.24) is 0 Å². The van der Waals surface area contributed by atoms with Crippen molar-refractivity contribution >= 4 is 46.6 Å². The summed E-state index contributed by atoms with van der Waals surface area (Å²) in [5.41, 5.74) is 3.84. The molecule has 1 aromatic heterocycles. The first-order chi connectivity index (χ1) is 10.8. The molecular weight excluding hydrogens is 351 g/mol. The fraction of sp³-hybridized carbons (Fsp3) is 0.278. The van der Waals surface area contributed by atoms with Gasteiger partial charge in [0.1, 0.15) is 4.34 Å². The number of carbonyl (C=O) groups is 1. The highest BCUT2D eigenvalue weighted by atomic mass is 35.5. The Bertz CT molecular complexity index is 679.